The summed E-state index contributed by atoms with van der Waals surface area (Å²) in [5.41, 5.74) is 2.08. The Morgan fingerprint density at radius 2 is 1.80 bits per heavy atom. The van der Waals surface area contributed by atoms with Crippen molar-refractivity contribution in [2.45, 2.75) is 6.61 Å². The van der Waals surface area contributed by atoms with Gasteiger partial charge in [-0.2, -0.15) is 9.78 Å². The molecule has 0 aromatic heterocycles. The number of fused-ring (bicyclic) bond motifs is 1. The van der Waals surface area contributed by atoms with E-state index in [-0.39, 0.29) is 29.0 Å². The molecule has 0 atom stereocenters. The number of esters is 1. The first-order valence-corrected chi connectivity index (χ1v) is 9.14. The van der Waals surface area contributed by atoms with Crippen molar-refractivity contribution in [3.05, 3.63) is 82.4 Å². The quantitative estimate of drug-likeness (QED) is 0.513. The lowest BCUT2D eigenvalue weighted by molar-refractivity contribution is 0.0600. The van der Waals surface area contributed by atoms with Crippen LogP contribution in [-0.4, -0.2) is 39.6 Å². The fourth-order valence-electron chi connectivity index (χ4n) is 3.30. The number of nitrogens with zero attached hydrogens (tertiary/aromatic N) is 3. The molecule has 0 saturated carbocycles. The largest absolute Gasteiger partial charge is 0.497 e. The highest BCUT2D eigenvalue weighted by Gasteiger charge is 2.25. The predicted molar refractivity (Wildman–Crippen MR) is 110 cm³/mol. The van der Waals surface area contributed by atoms with Crippen LogP contribution >= 0.6 is 0 Å². The average Bonchev–Trinajstić information content (AvgIpc) is 3.14. The van der Waals surface area contributed by atoms with Gasteiger partial charge in [-0.3, -0.25) is 4.79 Å². The fraction of sp³-hybridized carbons (Fsp3) is 0.136. The maximum absolute atomic E-state index is 13.1. The van der Waals surface area contributed by atoms with Crippen molar-refractivity contribution < 1.29 is 19.4 Å². The third-order valence-corrected chi connectivity index (χ3v) is 4.83. The third-order valence-electron chi connectivity index (χ3n) is 4.83. The Kier molecular flexibility index (Phi) is 5.07. The molecule has 30 heavy (non-hydrogen) atoms. The number of hydrogen-bond donors (Lipinski definition) is 1. The lowest BCUT2D eigenvalue weighted by Crippen LogP contribution is -2.15. The van der Waals surface area contributed by atoms with Crippen LogP contribution in [0.15, 0.2) is 65.7 Å². The van der Waals surface area contributed by atoms with Crippen molar-refractivity contribution in [2.24, 2.45) is 0 Å². The fourth-order valence-corrected chi connectivity index (χ4v) is 3.30. The van der Waals surface area contributed by atoms with E-state index in [2.05, 4.69) is 5.10 Å². The molecule has 0 radical (unpaired) electrons. The van der Waals surface area contributed by atoms with Crippen molar-refractivity contribution >= 4 is 5.97 Å². The molecule has 0 saturated heterocycles. The molecule has 2 aromatic carbocycles. The molecular weight excluding hydrogens is 386 g/mol. The van der Waals surface area contributed by atoms with E-state index < -0.39 is 5.97 Å². The summed E-state index contributed by atoms with van der Waals surface area (Å²) in [4.78, 5) is 25.6. The number of aliphatic hydroxyl groups is 1. The number of aromatic nitrogens is 3. The second-order valence-electron chi connectivity index (χ2n) is 6.53. The number of ether oxygens (including phenoxy) is 2. The number of methoxy groups -OCH3 is 2. The van der Waals surface area contributed by atoms with Crippen LogP contribution in [0, 0.1) is 0 Å². The Hall–Kier alpha value is -3.91. The number of rotatable bonds is 5. The second kappa shape index (κ2) is 7.84. The molecule has 2 heterocycles. The zero-order valence-corrected chi connectivity index (χ0v) is 16.4. The van der Waals surface area contributed by atoms with Crippen LogP contribution in [0.5, 0.6) is 5.75 Å². The van der Waals surface area contributed by atoms with Gasteiger partial charge in [-0.1, -0.05) is 18.2 Å². The van der Waals surface area contributed by atoms with Crippen LogP contribution in [-0.2, 0) is 11.3 Å². The van der Waals surface area contributed by atoms with E-state index >= 15 is 0 Å². The molecule has 0 spiro atoms. The number of aliphatic hydroxyl groups excluding tert-OH is 1. The zero-order valence-electron chi connectivity index (χ0n) is 16.4. The number of hydrogen-bond acceptors (Lipinski definition) is 6. The van der Waals surface area contributed by atoms with Gasteiger partial charge in [0.25, 0.3) is 5.56 Å². The highest BCUT2D eigenvalue weighted by Crippen LogP contribution is 2.26. The molecule has 2 aliphatic rings. The molecule has 2 aromatic rings. The van der Waals surface area contributed by atoms with Gasteiger partial charge in [0.1, 0.15) is 17.0 Å². The van der Waals surface area contributed by atoms with Crippen molar-refractivity contribution in [3.8, 4) is 28.4 Å². The van der Waals surface area contributed by atoms with Gasteiger partial charge >= 0.3 is 5.97 Å². The Morgan fingerprint density at radius 3 is 2.47 bits per heavy atom. The minimum Gasteiger partial charge on any atom is -0.497 e. The summed E-state index contributed by atoms with van der Waals surface area (Å²) in [5.74, 6) is 0.0341. The van der Waals surface area contributed by atoms with Gasteiger partial charge in [-0.25, -0.2) is 4.79 Å². The Morgan fingerprint density at radius 1 is 1.07 bits per heavy atom. The summed E-state index contributed by atoms with van der Waals surface area (Å²) in [5, 5.41) is 14.1. The van der Waals surface area contributed by atoms with Crippen molar-refractivity contribution in [2.75, 3.05) is 14.2 Å². The number of pyridine rings is 1. The molecule has 8 heteroatoms. The first kappa shape index (κ1) is 19.4. The molecular formula is C22H19N3O5. The van der Waals surface area contributed by atoms with Crippen LogP contribution < -0.4 is 10.3 Å². The first-order chi connectivity index (χ1) is 14.6. The Bertz CT molecular complexity index is 1240. The summed E-state index contributed by atoms with van der Waals surface area (Å²) in [6, 6.07) is 14.0. The Balaban J connectivity index is 1.97. The number of benzene rings is 2. The van der Waals surface area contributed by atoms with Crippen LogP contribution in [0.4, 0.5) is 0 Å². The van der Waals surface area contributed by atoms with E-state index in [0.717, 1.165) is 0 Å². The Labute approximate surface area is 171 Å². The molecule has 0 unspecified atom stereocenters. The monoisotopic (exact) mass is 405 g/mol. The standard InChI is InChI=1S/C22H19N3O5/c1-29-16-9-7-15(8-10-16)25-21(27)17-11-24(19-6-4-3-5-14(19)13-26)12-18(20(17)23-25)22(28)30-2/h3-12,26H,13H2,1-2H3. The summed E-state index contributed by atoms with van der Waals surface area (Å²) >= 11 is 0. The normalized spacial score (nSPS) is 10.9. The van der Waals surface area contributed by atoms with Gasteiger partial charge < -0.3 is 19.1 Å². The van der Waals surface area contributed by atoms with Crippen molar-refractivity contribution in [1.82, 2.24) is 14.3 Å². The van der Waals surface area contributed by atoms with Crippen LogP contribution in [0.2, 0.25) is 0 Å². The van der Waals surface area contributed by atoms with E-state index in [0.29, 0.717) is 22.7 Å². The van der Waals surface area contributed by atoms with Crippen LogP contribution in [0.1, 0.15) is 15.9 Å². The summed E-state index contributed by atoms with van der Waals surface area (Å²) in [7, 11) is 2.83. The maximum Gasteiger partial charge on any atom is 0.341 e. The number of carbonyl (C=O) groups is 1. The first-order valence-electron chi connectivity index (χ1n) is 9.14. The van der Waals surface area contributed by atoms with Gasteiger partial charge in [-0.15, -0.1) is 0 Å². The highest BCUT2D eigenvalue weighted by molar-refractivity contribution is 5.96. The van der Waals surface area contributed by atoms with Crippen LogP contribution in [0.3, 0.4) is 0 Å². The SMILES string of the molecule is COC(=O)c1cn(-c2ccccc2CO)cc2c(=O)n(-c3ccc(OC)cc3)nc1-2. The van der Waals surface area contributed by atoms with E-state index in [4.69, 9.17) is 9.47 Å². The third kappa shape index (κ3) is 3.23. The van der Waals surface area contributed by atoms with Gasteiger partial charge in [0.05, 0.1) is 37.8 Å². The molecule has 0 amide bonds. The molecule has 1 N–H and O–H groups in total. The number of carbonyl (C=O) groups excluding carboxylic acids is 1. The lowest BCUT2D eigenvalue weighted by atomic mass is 10.1. The smallest absolute Gasteiger partial charge is 0.341 e. The van der Waals surface area contributed by atoms with Gasteiger partial charge in [0, 0.05) is 18.0 Å². The zero-order chi connectivity index (χ0) is 21.3. The topological polar surface area (TPSA) is 95.6 Å². The molecule has 0 fully saturated rings. The minimum atomic E-state index is -0.616. The minimum absolute atomic E-state index is 0.145. The highest BCUT2D eigenvalue weighted by atomic mass is 16.5. The van der Waals surface area contributed by atoms with E-state index in [1.54, 1.807) is 66.5 Å². The summed E-state index contributed by atoms with van der Waals surface area (Å²) in [6.45, 7) is -0.190. The van der Waals surface area contributed by atoms with Crippen LogP contribution in [0.25, 0.3) is 22.6 Å². The van der Waals surface area contributed by atoms with Crippen molar-refractivity contribution in [1.29, 1.82) is 0 Å². The molecule has 152 valence electrons. The average molecular weight is 405 g/mol. The van der Waals surface area contributed by atoms with E-state index in [1.165, 1.54) is 11.8 Å². The maximum atomic E-state index is 13.1. The summed E-state index contributed by atoms with van der Waals surface area (Å²) in [6.07, 6.45) is 3.15. The van der Waals surface area contributed by atoms with Gasteiger partial charge in [0.15, 0.2) is 0 Å². The molecule has 2 aliphatic heterocycles. The van der Waals surface area contributed by atoms with E-state index in [9.17, 15) is 14.7 Å². The number of para-hydroxylation sites is 1. The summed E-state index contributed by atoms with van der Waals surface area (Å²) < 4.78 is 12.9. The second-order valence-corrected chi connectivity index (χ2v) is 6.53. The molecule has 0 bridgehead atoms. The van der Waals surface area contributed by atoms with Gasteiger partial charge in [-0.05, 0) is 30.3 Å². The van der Waals surface area contributed by atoms with E-state index in [1.807, 2.05) is 6.07 Å². The molecule has 8 nitrogen and oxygen atoms in total. The van der Waals surface area contributed by atoms with Crippen molar-refractivity contribution in [3.63, 3.8) is 0 Å². The lowest BCUT2D eigenvalue weighted by Gasteiger charge is -2.14. The predicted octanol–water partition coefficient (Wildman–Crippen LogP) is 2.42. The molecule has 0 aliphatic carbocycles. The van der Waals surface area contributed by atoms with Gasteiger partial charge in [0.2, 0.25) is 0 Å². The molecule has 4 rings (SSSR count).